The highest BCUT2D eigenvalue weighted by atomic mass is 32.1. The van der Waals surface area contributed by atoms with E-state index >= 15 is 0 Å². The number of amides is 2. The molecule has 3 heterocycles. The number of hydrazone groups is 1. The minimum absolute atomic E-state index is 0.200. The van der Waals surface area contributed by atoms with E-state index in [1.165, 1.54) is 29.2 Å². The van der Waals surface area contributed by atoms with Gasteiger partial charge in [0, 0.05) is 37.0 Å². The van der Waals surface area contributed by atoms with Crippen molar-refractivity contribution in [2.45, 2.75) is 26.0 Å². The quantitative estimate of drug-likeness (QED) is 0.781. The number of aromatic nitrogens is 1. The van der Waals surface area contributed by atoms with Gasteiger partial charge in [-0.2, -0.15) is 5.10 Å². The molecule has 1 aromatic heterocycles. The number of hydrogen-bond acceptors (Lipinski definition) is 7. The van der Waals surface area contributed by atoms with Crippen LogP contribution in [0, 0.1) is 5.82 Å². The summed E-state index contributed by atoms with van der Waals surface area (Å²) in [7, 11) is 0. The zero-order valence-electron chi connectivity index (χ0n) is 15.8. The Labute approximate surface area is 171 Å². The highest BCUT2D eigenvalue weighted by molar-refractivity contribution is 7.09. The van der Waals surface area contributed by atoms with E-state index in [0.29, 0.717) is 23.5 Å². The van der Waals surface area contributed by atoms with Crippen LogP contribution in [0.2, 0.25) is 0 Å². The monoisotopic (exact) mass is 417 g/mol. The molecular formula is C19H20FN5O3S. The second kappa shape index (κ2) is 8.16. The molecular weight excluding hydrogens is 397 g/mol. The van der Waals surface area contributed by atoms with Crippen LogP contribution in [-0.4, -0.2) is 53.9 Å². The molecule has 2 aromatic rings. The number of thiazole rings is 1. The van der Waals surface area contributed by atoms with Crippen molar-refractivity contribution >= 4 is 35.2 Å². The average molecular weight is 417 g/mol. The van der Waals surface area contributed by atoms with E-state index in [0.717, 1.165) is 18.0 Å². The van der Waals surface area contributed by atoms with Crippen LogP contribution in [0.15, 0.2) is 28.7 Å². The highest BCUT2D eigenvalue weighted by Crippen LogP contribution is 2.30. The Morgan fingerprint density at radius 1 is 1.45 bits per heavy atom. The van der Waals surface area contributed by atoms with Crippen molar-refractivity contribution < 1.29 is 18.7 Å². The molecule has 0 spiro atoms. The van der Waals surface area contributed by atoms with Crippen molar-refractivity contribution in [2.24, 2.45) is 5.10 Å². The van der Waals surface area contributed by atoms with Crippen molar-refractivity contribution in [2.75, 3.05) is 24.5 Å². The standard InChI is InChI=1S/C19H20FN5O3S/c1-12(26)21-8-14-9-25(19(27)28-14)13-3-4-15(16(20)7-13)17-11-29-18(23-17)10-24-6-2-5-22-24/h3-5,7,11,14H,2,6,8-10H2,1H3,(H,21,26)/t14-/m0/s1. The number of nitrogens with zero attached hydrogens (tertiary/aromatic N) is 4. The molecule has 0 saturated carbocycles. The Kier molecular flexibility index (Phi) is 5.43. The van der Waals surface area contributed by atoms with Gasteiger partial charge in [-0.25, -0.2) is 14.2 Å². The molecule has 1 saturated heterocycles. The molecule has 0 aliphatic carbocycles. The molecule has 0 bridgehead atoms. The molecule has 2 aliphatic rings. The van der Waals surface area contributed by atoms with Crippen molar-refractivity contribution in [1.82, 2.24) is 15.3 Å². The maximum atomic E-state index is 14.8. The maximum Gasteiger partial charge on any atom is 0.414 e. The molecule has 4 rings (SSSR count). The molecule has 10 heteroatoms. The first-order valence-corrected chi connectivity index (χ1v) is 10.1. The van der Waals surface area contributed by atoms with Crippen molar-refractivity contribution in [1.29, 1.82) is 0 Å². The zero-order chi connectivity index (χ0) is 20.4. The zero-order valence-corrected chi connectivity index (χ0v) is 16.6. The van der Waals surface area contributed by atoms with Gasteiger partial charge in [0.2, 0.25) is 5.91 Å². The van der Waals surface area contributed by atoms with E-state index in [2.05, 4.69) is 15.4 Å². The fourth-order valence-corrected chi connectivity index (χ4v) is 4.00. The minimum atomic E-state index is -0.561. The van der Waals surface area contributed by atoms with Crippen LogP contribution in [0.3, 0.4) is 0 Å². The van der Waals surface area contributed by atoms with Crippen LogP contribution in [0.5, 0.6) is 0 Å². The van der Waals surface area contributed by atoms with Crippen LogP contribution < -0.4 is 10.2 Å². The summed E-state index contributed by atoms with van der Waals surface area (Å²) in [5, 5.41) is 11.5. The van der Waals surface area contributed by atoms with Gasteiger partial charge in [0.15, 0.2) is 0 Å². The summed E-state index contributed by atoms with van der Waals surface area (Å²) in [4.78, 5) is 29.0. The second-order valence-electron chi connectivity index (χ2n) is 6.82. The third-order valence-electron chi connectivity index (χ3n) is 4.62. The Balaban J connectivity index is 1.45. The Bertz CT molecular complexity index is 963. The van der Waals surface area contributed by atoms with Crippen LogP contribution in [0.1, 0.15) is 18.4 Å². The van der Waals surface area contributed by atoms with Crippen LogP contribution in [0.4, 0.5) is 14.9 Å². The van der Waals surface area contributed by atoms with Gasteiger partial charge in [-0.1, -0.05) is 0 Å². The van der Waals surface area contributed by atoms with Gasteiger partial charge in [0.25, 0.3) is 0 Å². The summed E-state index contributed by atoms with van der Waals surface area (Å²) in [6.07, 6.45) is 1.77. The van der Waals surface area contributed by atoms with Crippen LogP contribution >= 0.6 is 11.3 Å². The first-order valence-electron chi connectivity index (χ1n) is 9.24. The number of carbonyl (C=O) groups is 2. The lowest BCUT2D eigenvalue weighted by Crippen LogP contribution is -2.33. The van der Waals surface area contributed by atoms with E-state index in [1.54, 1.807) is 12.1 Å². The molecule has 1 N–H and O–H groups in total. The van der Waals surface area contributed by atoms with Crippen LogP contribution in [0.25, 0.3) is 11.3 Å². The van der Waals surface area contributed by atoms with Crippen molar-refractivity contribution in [3.63, 3.8) is 0 Å². The largest absolute Gasteiger partial charge is 0.442 e. The molecule has 0 radical (unpaired) electrons. The van der Waals surface area contributed by atoms with E-state index in [9.17, 15) is 14.0 Å². The summed E-state index contributed by atoms with van der Waals surface area (Å²) < 4.78 is 20.0. The predicted octanol–water partition coefficient (Wildman–Crippen LogP) is 2.60. The molecule has 2 aliphatic heterocycles. The number of rotatable bonds is 6. The minimum Gasteiger partial charge on any atom is -0.442 e. The van der Waals surface area contributed by atoms with E-state index in [-0.39, 0.29) is 19.0 Å². The second-order valence-corrected chi connectivity index (χ2v) is 7.76. The van der Waals surface area contributed by atoms with Gasteiger partial charge < -0.3 is 10.1 Å². The predicted molar refractivity (Wildman–Crippen MR) is 107 cm³/mol. The Morgan fingerprint density at radius 3 is 3.03 bits per heavy atom. The number of nitrogens with one attached hydrogen (secondary N) is 1. The summed E-state index contributed by atoms with van der Waals surface area (Å²) in [6, 6.07) is 4.59. The number of cyclic esters (lactones) is 1. The normalized spacial score (nSPS) is 18.4. The van der Waals surface area contributed by atoms with Crippen molar-refractivity contribution in [3.8, 4) is 11.3 Å². The SMILES string of the molecule is CC(=O)NC[C@H]1CN(c2ccc(-c3csc(CN4CCC=N4)n3)c(F)c2)C(=O)O1. The number of halogens is 1. The summed E-state index contributed by atoms with van der Waals surface area (Å²) >= 11 is 1.47. The van der Waals surface area contributed by atoms with E-state index < -0.39 is 18.0 Å². The fraction of sp³-hybridized carbons (Fsp3) is 0.368. The fourth-order valence-electron chi connectivity index (χ4n) is 3.20. The highest BCUT2D eigenvalue weighted by Gasteiger charge is 2.32. The number of benzene rings is 1. The van der Waals surface area contributed by atoms with E-state index in [4.69, 9.17) is 4.74 Å². The lowest BCUT2D eigenvalue weighted by atomic mass is 10.1. The van der Waals surface area contributed by atoms with Gasteiger partial charge >= 0.3 is 6.09 Å². The molecule has 1 fully saturated rings. The smallest absolute Gasteiger partial charge is 0.414 e. The molecule has 8 nitrogen and oxygen atoms in total. The van der Waals surface area contributed by atoms with Gasteiger partial charge in [-0.05, 0) is 18.2 Å². The maximum absolute atomic E-state index is 14.8. The van der Waals surface area contributed by atoms with Gasteiger partial charge in [-0.15, -0.1) is 11.3 Å². The van der Waals surface area contributed by atoms with Gasteiger partial charge in [-0.3, -0.25) is 14.7 Å². The molecule has 152 valence electrons. The lowest BCUT2D eigenvalue weighted by Gasteiger charge is -2.14. The third-order valence-corrected chi connectivity index (χ3v) is 5.46. The number of carbonyl (C=O) groups excluding carboxylic acids is 2. The average Bonchev–Trinajstić information content (AvgIpc) is 3.42. The topological polar surface area (TPSA) is 87.1 Å². The summed E-state index contributed by atoms with van der Waals surface area (Å²) in [6.45, 7) is 3.34. The number of hydrogen-bond donors (Lipinski definition) is 1. The summed E-state index contributed by atoms with van der Waals surface area (Å²) in [5.74, 6) is -0.661. The van der Waals surface area contributed by atoms with Gasteiger partial charge in [0.05, 0.1) is 31.0 Å². The third kappa shape index (κ3) is 4.37. The molecule has 29 heavy (non-hydrogen) atoms. The van der Waals surface area contributed by atoms with Crippen LogP contribution in [-0.2, 0) is 16.1 Å². The number of anilines is 1. The number of ether oxygens (including phenoxy) is 1. The Hall–Kier alpha value is -3.01. The molecule has 1 atom stereocenters. The molecule has 1 aromatic carbocycles. The first kappa shape index (κ1) is 19.3. The lowest BCUT2D eigenvalue weighted by molar-refractivity contribution is -0.119. The summed E-state index contributed by atoms with van der Waals surface area (Å²) in [5.41, 5.74) is 1.34. The van der Waals surface area contributed by atoms with E-state index in [1.807, 2.05) is 16.6 Å². The van der Waals surface area contributed by atoms with Crippen molar-refractivity contribution in [3.05, 3.63) is 34.4 Å². The first-order chi connectivity index (χ1) is 14.0. The molecule has 2 amide bonds. The Morgan fingerprint density at radius 2 is 2.31 bits per heavy atom. The molecule has 0 unspecified atom stereocenters. The van der Waals surface area contributed by atoms with Gasteiger partial charge in [0.1, 0.15) is 16.9 Å².